The highest BCUT2D eigenvalue weighted by Crippen LogP contribution is 2.40. The molecule has 0 aliphatic carbocycles. The summed E-state index contributed by atoms with van der Waals surface area (Å²) in [7, 11) is 1.54. The number of ether oxygens (including phenoxy) is 1. The predicted molar refractivity (Wildman–Crippen MR) is 115 cm³/mol. The first-order chi connectivity index (χ1) is 13.2. The average Bonchev–Trinajstić information content (AvgIpc) is 2.72. The number of benzene rings is 2. The van der Waals surface area contributed by atoms with E-state index >= 15 is 0 Å². The molecule has 2 heteroatoms. The van der Waals surface area contributed by atoms with Crippen LogP contribution in [-0.4, -0.2) is 13.1 Å². The van der Waals surface area contributed by atoms with E-state index in [2.05, 4.69) is 56.3 Å². The summed E-state index contributed by atoms with van der Waals surface area (Å²) in [4.78, 5) is 13.1. The van der Waals surface area contributed by atoms with Crippen LogP contribution in [0.25, 0.3) is 10.8 Å². The molecule has 0 spiro atoms. The number of methoxy groups -OCH3 is 1. The highest BCUT2D eigenvalue weighted by atomic mass is 16.5. The van der Waals surface area contributed by atoms with Gasteiger partial charge in [-0.15, -0.1) is 0 Å². The Morgan fingerprint density at radius 2 is 1.44 bits per heavy atom. The zero-order valence-electron chi connectivity index (χ0n) is 17.4. The molecule has 0 heterocycles. The Morgan fingerprint density at radius 3 is 2.19 bits per heavy atom. The van der Waals surface area contributed by atoms with Gasteiger partial charge < -0.3 is 4.74 Å². The maximum absolute atomic E-state index is 13.1. The Hall–Kier alpha value is -1.83. The molecule has 0 saturated carbocycles. The second-order valence-corrected chi connectivity index (χ2v) is 7.72. The van der Waals surface area contributed by atoms with E-state index in [0.717, 1.165) is 37.7 Å². The fraction of sp³-hybridized carbons (Fsp3) is 0.560. The predicted octanol–water partition coefficient (Wildman–Crippen LogP) is 7.19. The number of fused-ring (bicyclic) bond motifs is 1. The molecule has 0 fully saturated rings. The van der Waals surface area contributed by atoms with E-state index in [1.807, 2.05) is 0 Å². The third-order valence-electron chi connectivity index (χ3n) is 5.80. The Morgan fingerprint density at radius 1 is 0.815 bits per heavy atom. The van der Waals surface area contributed by atoms with Crippen LogP contribution in [0.3, 0.4) is 0 Å². The monoisotopic (exact) mass is 368 g/mol. The molecule has 2 rings (SSSR count). The number of carbonyl (C=O) groups excluding carboxylic acids is 1. The molecule has 2 nitrogen and oxygen atoms in total. The van der Waals surface area contributed by atoms with E-state index in [-0.39, 0.29) is 5.97 Å². The van der Waals surface area contributed by atoms with E-state index in [9.17, 15) is 4.79 Å². The van der Waals surface area contributed by atoms with Crippen molar-refractivity contribution in [2.45, 2.75) is 83.5 Å². The molecular formula is C25H36O2. The number of hydrogen-bond acceptors (Lipinski definition) is 2. The lowest BCUT2D eigenvalue weighted by Gasteiger charge is -2.33. The molecule has 0 aliphatic heterocycles. The van der Waals surface area contributed by atoms with Crippen LogP contribution in [-0.2, 0) is 14.9 Å². The highest BCUT2D eigenvalue weighted by molar-refractivity contribution is 5.93. The van der Waals surface area contributed by atoms with E-state index in [0.29, 0.717) is 0 Å². The molecule has 0 radical (unpaired) electrons. The molecule has 0 saturated heterocycles. The number of carbonyl (C=O) groups is 1. The molecule has 0 aliphatic rings. The summed E-state index contributed by atoms with van der Waals surface area (Å²) >= 11 is 0. The van der Waals surface area contributed by atoms with Gasteiger partial charge in [-0.1, -0.05) is 108 Å². The Bertz CT molecular complexity index is 701. The van der Waals surface area contributed by atoms with Crippen molar-refractivity contribution in [3.8, 4) is 0 Å². The van der Waals surface area contributed by atoms with Crippen LogP contribution < -0.4 is 0 Å². The smallest absolute Gasteiger partial charge is 0.316 e. The van der Waals surface area contributed by atoms with E-state index in [1.54, 1.807) is 0 Å². The number of hydrogen-bond donors (Lipinski definition) is 0. The Labute approximate surface area is 165 Å². The van der Waals surface area contributed by atoms with Crippen molar-refractivity contribution >= 4 is 16.7 Å². The van der Waals surface area contributed by atoms with Crippen molar-refractivity contribution < 1.29 is 9.53 Å². The normalized spacial score (nSPS) is 13.4. The lowest BCUT2D eigenvalue weighted by molar-refractivity contribution is -0.148. The van der Waals surface area contributed by atoms with Gasteiger partial charge >= 0.3 is 5.97 Å². The summed E-state index contributed by atoms with van der Waals surface area (Å²) in [5, 5.41) is 2.38. The largest absolute Gasteiger partial charge is 0.468 e. The lowest BCUT2D eigenvalue weighted by Crippen LogP contribution is -2.37. The van der Waals surface area contributed by atoms with Crippen LogP contribution in [0.4, 0.5) is 0 Å². The summed E-state index contributed by atoms with van der Waals surface area (Å²) in [5.41, 5.74) is 0.616. The van der Waals surface area contributed by atoms with Gasteiger partial charge in [0.2, 0.25) is 0 Å². The van der Waals surface area contributed by atoms with Gasteiger partial charge in [-0.05, 0) is 29.2 Å². The van der Waals surface area contributed by atoms with Gasteiger partial charge in [0, 0.05) is 0 Å². The van der Waals surface area contributed by atoms with Crippen molar-refractivity contribution in [1.82, 2.24) is 0 Å². The Kier molecular flexibility index (Phi) is 8.84. The fourth-order valence-electron chi connectivity index (χ4n) is 4.23. The summed E-state index contributed by atoms with van der Waals surface area (Å²) in [5.74, 6) is -0.0686. The number of esters is 1. The van der Waals surface area contributed by atoms with Crippen molar-refractivity contribution in [3.63, 3.8) is 0 Å². The standard InChI is InChI=1S/C25H36O2/c1-4-6-8-9-10-13-20-25(19-7-5-2,24(26)27-3)23-18-14-16-21-15-11-12-17-22(21)23/h11-12,14-18H,4-10,13,19-20H2,1-3H3. The van der Waals surface area contributed by atoms with Gasteiger partial charge in [-0.2, -0.15) is 0 Å². The maximum atomic E-state index is 13.1. The average molecular weight is 369 g/mol. The van der Waals surface area contributed by atoms with Crippen LogP contribution in [0.5, 0.6) is 0 Å². The third kappa shape index (κ3) is 5.34. The van der Waals surface area contributed by atoms with Crippen molar-refractivity contribution in [2.75, 3.05) is 7.11 Å². The van der Waals surface area contributed by atoms with Gasteiger partial charge in [0.25, 0.3) is 0 Å². The summed E-state index contributed by atoms with van der Waals surface area (Å²) in [6.07, 6.45) is 11.2. The first-order valence-electron chi connectivity index (χ1n) is 10.8. The molecule has 0 aromatic heterocycles. The van der Waals surface area contributed by atoms with Gasteiger partial charge in [0.1, 0.15) is 0 Å². The quantitative estimate of drug-likeness (QED) is 0.293. The van der Waals surface area contributed by atoms with Gasteiger partial charge in [0.05, 0.1) is 12.5 Å². The van der Waals surface area contributed by atoms with Crippen LogP contribution >= 0.6 is 0 Å². The lowest BCUT2D eigenvalue weighted by atomic mass is 9.71. The molecule has 2 aromatic rings. The maximum Gasteiger partial charge on any atom is 0.316 e. The first-order valence-corrected chi connectivity index (χ1v) is 10.8. The molecule has 0 amide bonds. The minimum atomic E-state index is -0.531. The third-order valence-corrected chi connectivity index (χ3v) is 5.80. The van der Waals surface area contributed by atoms with E-state index < -0.39 is 5.41 Å². The molecule has 2 aromatic carbocycles. The minimum Gasteiger partial charge on any atom is -0.468 e. The van der Waals surface area contributed by atoms with E-state index in [1.165, 1.54) is 50.0 Å². The van der Waals surface area contributed by atoms with Gasteiger partial charge in [-0.25, -0.2) is 0 Å². The van der Waals surface area contributed by atoms with Crippen molar-refractivity contribution in [3.05, 3.63) is 48.0 Å². The second-order valence-electron chi connectivity index (χ2n) is 7.72. The molecule has 1 unspecified atom stereocenters. The van der Waals surface area contributed by atoms with Gasteiger partial charge in [0.15, 0.2) is 0 Å². The first kappa shape index (κ1) is 21.5. The molecular weight excluding hydrogens is 332 g/mol. The van der Waals surface area contributed by atoms with Crippen LogP contribution in [0, 0.1) is 0 Å². The van der Waals surface area contributed by atoms with Crippen molar-refractivity contribution in [2.24, 2.45) is 0 Å². The minimum absolute atomic E-state index is 0.0686. The molecule has 27 heavy (non-hydrogen) atoms. The topological polar surface area (TPSA) is 26.3 Å². The summed E-state index contributed by atoms with van der Waals surface area (Å²) in [6.45, 7) is 4.43. The SMILES string of the molecule is CCCCCCCCC(CCCC)(C(=O)OC)c1cccc2ccccc12. The fourth-order valence-corrected chi connectivity index (χ4v) is 4.23. The van der Waals surface area contributed by atoms with E-state index in [4.69, 9.17) is 4.74 Å². The molecule has 1 atom stereocenters. The number of unbranched alkanes of at least 4 members (excludes halogenated alkanes) is 6. The summed E-state index contributed by atoms with van der Waals surface area (Å²) in [6, 6.07) is 14.8. The molecule has 0 N–H and O–H groups in total. The van der Waals surface area contributed by atoms with Gasteiger partial charge in [-0.3, -0.25) is 4.79 Å². The Balaban J connectivity index is 2.36. The highest BCUT2D eigenvalue weighted by Gasteiger charge is 2.41. The van der Waals surface area contributed by atoms with Crippen LogP contribution in [0.1, 0.15) is 83.6 Å². The molecule has 0 bridgehead atoms. The van der Waals surface area contributed by atoms with Crippen LogP contribution in [0.2, 0.25) is 0 Å². The zero-order chi connectivity index (χ0) is 19.5. The molecule has 148 valence electrons. The number of rotatable bonds is 12. The van der Waals surface area contributed by atoms with Crippen molar-refractivity contribution in [1.29, 1.82) is 0 Å². The summed E-state index contributed by atoms with van der Waals surface area (Å²) < 4.78 is 5.37. The zero-order valence-corrected chi connectivity index (χ0v) is 17.4. The van der Waals surface area contributed by atoms with Crippen LogP contribution in [0.15, 0.2) is 42.5 Å². The second kappa shape index (κ2) is 11.1.